The maximum atomic E-state index is 11.9. The van der Waals surface area contributed by atoms with Crippen LogP contribution in [0.1, 0.15) is 10.6 Å². The van der Waals surface area contributed by atoms with Crippen molar-refractivity contribution >= 4 is 29.1 Å². The van der Waals surface area contributed by atoms with Crippen LogP contribution in [0.25, 0.3) is 6.08 Å². The van der Waals surface area contributed by atoms with Gasteiger partial charge in [-0.1, -0.05) is 6.07 Å². The van der Waals surface area contributed by atoms with Crippen LogP contribution in [0, 0.1) is 0 Å². The highest BCUT2D eigenvalue weighted by Crippen LogP contribution is 2.14. The first-order valence-corrected chi connectivity index (χ1v) is 7.26. The molecule has 1 amide bonds. The fourth-order valence-corrected chi connectivity index (χ4v) is 2.51. The van der Waals surface area contributed by atoms with Gasteiger partial charge in [-0.3, -0.25) is 4.79 Å². The fraction of sp³-hybridized carbons (Fsp3) is 0.0667. The molecule has 0 bridgehead atoms. The molecule has 3 aromatic rings. The Kier molecular flexibility index (Phi) is 3.97. The molecule has 0 aliphatic carbocycles. The Morgan fingerprint density at radius 3 is 3.10 bits per heavy atom. The van der Waals surface area contributed by atoms with Gasteiger partial charge in [-0.2, -0.15) is 5.10 Å². The molecular formula is C15H13N3O2S. The van der Waals surface area contributed by atoms with Crippen LogP contribution in [0.15, 0.2) is 58.7 Å². The van der Waals surface area contributed by atoms with Crippen molar-refractivity contribution in [3.63, 3.8) is 0 Å². The number of nitrogens with one attached hydrogen (secondary N) is 1. The van der Waals surface area contributed by atoms with Crippen molar-refractivity contribution in [3.05, 3.63) is 64.9 Å². The van der Waals surface area contributed by atoms with Gasteiger partial charge in [-0.05, 0) is 29.7 Å². The van der Waals surface area contributed by atoms with Crippen LogP contribution in [0.5, 0.6) is 0 Å². The van der Waals surface area contributed by atoms with Gasteiger partial charge < -0.3 is 9.73 Å². The SMILES string of the molecule is O=C(/C=C/c1ccco1)Nc1ccnn1Cc1cccs1. The maximum absolute atomic E-state index is 11.9. The first-order valence-electron chi connectivity index (χ1n) is 6.38. The molecule has 3 aromatic heterocycles. The summed E-state index contributed by atoms with van der Waals surface area (Å²) in [7, 11) is 0. The molecule has 0 fully saturated rings. The van der Waals surface area contributed by atoms with E-state index in [-0.39, 0.29) is 5.91 Å². The van der Waals surface area contributed by atoms with Crippen molar-refractivity contribution in [1.82, 2.24) is 9.78 Å². The Morgan fingerprint density at radius 1 is 1.38 bits per heavy atom. The van der Waals surface area contributed by atoms with E-state index in [0.717, 1.165) is 0 Å². The summed E-state index contributed by atoms with van der Waals surface area (Å²) in [5.41, 5.74) is 0. The van der Waals surface area contributed by atoms with Crippen LogP contribution in [0.2, 0.25) is 0 Å². The van der Waals surface area contributed by atoms with Crippen molar-refractivity contribution in [3.8, 4) is 0 Å². The number of carbonyl (C=O) groups is 1. The van der Waals surface area contributed by atoms with Crippen LogP contribution in [0.4, 0.5) is 5.82 Å². The monoisotopic (exact) mass is 299 g/mol. The van der Waals surface area contributed by atoms with Gasteiger partial charge >= 0.3 is 0 Å². The topological polar surface area (TPSA) is 60.1 Å². The molecule has 0 spiro atoms. The van der Waals surface area contributed by atoms with E-state index in [1.54, 1.807) is 52.8 Å². The molecule has 0 aliphatic rings. The number of carbonyl (C=O) groups excluding carboxylic acids is 1. The van der Waals surface area contributed by atoms with Crippen LogP contribution in [-0.2, 0) is 11.3 Å². The molecule has 0 unspecified atom stereocenters. The van der Waals surface area contributed by atoms with Gasteiger partial charge in [0.05, 0.1) is 19.0 Å². The molecule has 1 N–H and O–H groups in total. The Balaban J connectivity index is 1.65. The summed E-state index contributed by atoms with van der Waals surface area (Å²) in [6.45, 7) is 0.641. The number of hydrogen-bond acceptors (Lipinski definition) is 4. The number of amides is 1. The van der Waals surface area contributed by atoms with Crippen molar-refractivity contribution < 1.29 is 9.21 Å². The normalized spacial score (nSPS) is 11.0. The predicted molar refractivity (Wildman–Crippen MR) is 82.0 cm³/mol. The smallest absolute Gasteiger partial charge is 0.249 e. The number of aromatic nitrogens is 2. The number of rotatable bonds is 5. The van der Waals surface area contributed by atoms with E-state index in [1.807, 2.05) is 17.5 Å². The van der Waals surface area contributed by atoms with E-state index in [9.17, 15) is 4.79 Å². The number of nitrogens with zero attached hydrogens (tertiary/aromatic N) is 2. The molecule has 0 saturated carbocycles. The molecule has 106 valence electrons. The van der Waals surface area contributed by atoms with Gasteiger partial charge in [0.15, 0.2) is 0 Å². The minimum absolute atomic E-state index is 0.223. The second-order valence-electron chi connectivity index (χ2n) is 4.29. The molecule has 21 heavy (non-hydrogen) atoms. The van der Waals surface area contributed by atoms with Crippen LogP contribution >= 0.6 is 11.3 Å². The number of thiophene rings is 1. The zero-order valence-electron chi connectivity index (χ0n) is 11.1. The first kappa shape index (κ1) is 13.4. The molecule has 0 atom stereocenters. The lowest BCUT2D eigenvalue weighted by Crippen LogP contribution is -2.13. The van der Waals surface area contributed by atoms with Gasteiger partial charge in [0.1, 0.15) is 11.6 Å². The molecule has 5 nitrogen and oxygen atoms in total. The van der Waals surface area contributed by atoms with Gasteiger partial charge in [0.2, 0.25) is 5.91 Å². The van der Waals surface area contributed by atoms with Crippen LogP contribution < -0.4 is 5.32 Å². The van der Waals surface area contributed by atoms with Gasteiger partial charge in [0.25, 0.3) is 0 Å². The molecule has 0 aromatic carbocycles. The zero-order valence-corrected chi connectivity index (χ0v) is 11.9. The third-order valence-corrected chi connectivity index (χ3v) is 3.66. The van der Waals surface area contributed by atoms with E-state index < -0.39 is 0 Å². The minimum atomic E-state index is -0.223. The lowest BCUT2D eigenvalue weighted by atomic mass is 10.4. The Bertz CT molecular complexity index is 727. The summed E-state index contributed by atoms with van der Waals surface area (Å²) in [5, 5.41) is 9.04. The average molecular weight is 299 g/mol. The highest BCUT2D eigenvalue weighted by atomic mass is 32.1. The fourth-order valence-electron chi connectivity index (χ4n) is 1.83. The molecule has 0 aliphatic heterocycles. The van der Waals surface area contributed by atoms with E-state index >= 15 is 0 Å². The van der Waals surface area contributed by atoms with Crippen molar-refractivity contribution in [2.75, 3.05) is 5.32 Å². The molecule has 3 rings (SSSR count). The summed E-state index contributed by atoms with van der Waals surface area (Å²) in [4.78, 5) is 13.1. The van der Waals surface area contributed by atoms with E-state index in [0.29, 0.717) is 18.1 Å². The summed E-state index contributed by atoms with van der Waals surface area (Å²) < 4.78 is 6.88. The lowest BCUT2D eigenvalue weighted by Gasteiger charge is -2.06. The summed E-state index contributed by atoms with van der Waals surface area (Å²) in [6, 6.07) is 9.35. The molecule has 0 saturated heterocycles. The third kappa shape index (κ3) is 3.49. The Morgan fingerprint density at radius 2 is 2.33 bits per heavy atom. The minimum Gasteiger partial charge on any atom is -0.465 e. The highest BCUT2D eigenvalue weighted by Gasteiger charge is 2.06. The third-order valence-electron chi connectivity index (χ3n) is 2.80. The van der Waals surface area contributed by atoms with Gasteiger partial charge in [-0.15, -0.1) is 11.3 Å². The standard InChI is InChI=1S/C15H13N3O2S/c19-15(6-5-12-3-1-9-20-12)17-14-7-8-16-18(14)11-13-4-2-10-21-13/h1-10H,11H2,(H,17,19)/b6-5+. The summed E-state index contributed by atoms with van der Waals surface area (Å²) in [5.74, 6) is 1.08. The molecular weight excluding hydrogens is 286 g/mol. The van der Waals surface area contributed by atoms with E-state index in [2.05, 4.69) is 10.4 Å². The van der Waals surface area contributed by atoms with Gasteiger partial charge in [0, 0.05) is 17.0 Å². The summed E-state index contributed by atoms with van der Waals surface area (Å²) in [6.07, 6.45) is 6.28. The maximum Gasteiger partial charge on any atom is 0.249 e. The molecule has 0 radical (unpaired) electrons. The highest BCUT2D eigenvalue weighted by molar-refractivity contribution is 7.09. The predicted octanol–water partition coefficient (Wildman–Crippen LogP) is 3.24. The lowest BCUT2D eigenvalue weighted by molar-refractivity contribution is -0.111. The Labute approximate surface area is 125 Å². The molecule has 3 heterocycles. The number of hydrogen-bond donors (Lipinski definition) is 1. The van der Waals surface area contributed by atoms with Crippen LogP contribution in [-0.4, -0.2) is 15.7 Å². The van der Waals surface area contributed by atoms with Gasteiger partial charge in [-0.25, -0.2) is 4.68 Å². The average Bonchev–Trinajstić information content (AvgIpc) is 3.20. The van der Waals surface area contributed by atoms with Crippen LogP contribution in [0.3, 0.4) is 0 Å². The molecule has 6 heteroatoms. The Hall–Kier alpha value is -2.60. The largest absolute Gasteiger partial charge is 0.465 e. The second-order valence-corrected chi connectivity index (χ2v) is 5.32. The quantitative estimate of drug-likeness (QED) is 0.736. The van der Waals surface area contributed by atoms with E-state index in [1.165, 1.54) is 11.0 Å². The number of furan rings is 1. The number of anilines is 1. The van der Waals surface area contributed by atoms with Crippen molar-refractivity contribution in [2.24, 2.45) is 0 Å². The van der Waals surface area contributed by atoms with Crippen molar-refractivity contribution in [2.45, 2.75) is 6.54 Å². The summed E-state index contributed by atoms with van der Waals surface area (Å²) >= 11 is 1.66. The second kappa shape index (κ2) is 6.23. The van der Waals surface area contributed by atoms with Crippen molar-refractivity contribution in [1.29, 1.82) is 0 Å². The van der Waals surface area contributed by atoms with E-state index in [4.69, 9.17) is 4.42 Å². The zero-order chi connectivity index (χ0) is 14.5. The first-order chi connectivity index (χ1) is 10.3.